The molecule has 4 unspecified atom stereocenters. The first-order valence-electron chi connectivity index (χ1n) is 29.9. The highest BCUT2D eigenvalue weighted by molar-refractivity contribution is 6.17. The van der Waals surface area contributed by atoms with Crippen LogP contribution in [0.3, 0.4) is 0 Å². The third kappa shape index (κ3) is 6.45. The van der Waals surface area contributed by atoms with Gasteiger partial charge in [0.1, 0.15) is 0 Å². The van der Waals surface area contributed by atoms with E-state index in [0.717, 1.165) is 58.3 Å². The summed E-state index contributed by atoms with van der Waals surface area (Å²) in [5, 5.41) is 6.29. The summed E-state index contributed by atoms with van der Waals surface area (Å²) in [4.78, 5) is 32.5. The fourth-order valence-electron chi connectivity index (χ4n) is 18.5. The van der Waals surface area contributed by atoms with Crippen molar-refractivity contribution in [3.05, 3.63) is 237 Å². The van der Waals surface area contributed by atoms with Crippen molar-refractivity contribution in [2.24, 2.45) is 23.7 Å². The number of fused-ring (bicyclic) bond motifs is 9. The molecule has 8 aliphatic rings. The summed E-state index contributed by atoms with van der Waals surface area (Å²) in [6.07, 6.45) is 11.7. The molecule has 4 atom stereocenters. The SMILES string of the molecule is O=c1c2c3c(c4cc(-c5c(-c6ccccc6)cccc5-c5ccccc5)ccc4c2n2c4c(c5c(c6cc(-c7c(-c8ccccc8)cccc7-c7ccccc7)ccc64)C4CC6CC(C4)CC5C6)c(=O)n12)C1CC2CC(C1)CC3C2. The normalized spacial score (nSPS) is 23.4. The predicted molar refractivity (Wildman–Crippen MR) is 328 cm³/mol. The van der Waals surface area contributed by atoms with Crippen molar-refractivity contribution in [2.45, 2.75) is 87.9 Å². The monoisotopic (exact) mass is 1030 g/mol. The highest BCUT2D eigenvalue weighted by atomic mass is 16.2. The number of benzene rings is 10. The molecule has 4 saturated carbocycles. The topological polar surface area (TPSA) is 43.0 Å². The molecule has 4 heteroatoms. The van der Waals surface area contributed by atoms with E-state index in [9.17, 15) is 0 Å². The third-order valence-electron chi connectivity index (χ3n) is 21.1. The lowest BCUT2D eigenvalue weighted by molar-refractivity contribution is 0.166. The van der Waals surface area contributed by atoms with E-state index in [1.807, 2.05) is 0 Å². The van der Waals surface area contributed by atoms with Crippen LogP contribution in [-0.2, 0) is 0 Å². The Morgan fingerprint density at radius 2 is 0.588 bits per heavy atom. The van der Waals surface area contributed by atoms with Crippen molar-refractivity contribution in [2.75, 3.05) is 0 Å². The number of hydrogen-bond donors (Lipinski definition) is 0. The minimum Gasteiger partial charge on any atom is -0.267 e. The van der Waals surface area contributed by atoms with E-state index in [0.29, 0.717) is 35.5 Å². The number of aromatic nitrogens is 2. The van der Waals surface area contributed by atoms with E-state index in [2.05, 4.69) is 199 Å². The van der Waals surface area contributed by atoms with Gasteiger partial charge in [-0.3, -0.25) is 9.59 Å². The van der Waals surface area contributed by atoms with Crippen LogP contribution < -0.4 is 11.1 Å². The van der Waals surface area contributed by atoms with Gasteiger partial charge in [-0.25, -0.2) is 4.52 Å². The highest BCUT2D eigenvalue weighted by Crippen LogP contribution is 2.62. The molecule has 12 aromatic rings. The van der Waals surface area contributed by atoms with Crippen molar-refractivity contribution >= 4 is 43.4 Å². The van der Waals surface area contributed by atoms with E-state index in [1.165, 1.54) is 138 Å². The molecule has 2 aromatic heterocycles. The number of nitrogens with zero attached hydrogens (tertiary/aromatic N) is 2. The average Bonchev–Trinajstić information content (AvgIpc) is 2.77. The first-order valence-corrected chi connectivity index (χ1v) is 29.9. The molecule has 20 rings (SSSR count). The van der Waals surface area contributed by atoms with Crippen LogP contribution in [-0.4, -0.2) is 9.03 Å². The Balaban J connectivity index is 0.982. The van der Waals surface area contributed by atoms with Gasteiger partial charge in [-0.15, -0.1) is 0 Å². The predicted octanol–water partition coefficient (Wildman–Crippen LogP) is 18.6. The quantitative estimate of drug-likeness (QED) is 0.167. The highest BCUT2D eigenvalue weighted by Gasteiger charge is 2.47. The maximum atomic E-state index is 16.3. The fraction of sp³-hybridized carbons (Fsp3) is 0.237. The Morgan fingerprint density at radius 3 is 0.912 bits per heavy atom. The van der Waals surface area contributed by atoms with Gasteiger partial charge in [0, 0.05) is 10.8 Å². The fourth-order valence-corrected chi connectivity index (χ4v) is 18.5. The molecule has 8 aliphatic carbocycles. The lowest BCUT2D eigenvalue weighted by Gasteiger charge is -2.38. The van der Waals surface area contributed by atoms with Gasteiger partial charge in [0.05, 0.1) is 21.8 Å². The minimum absolute atomic E-state index is 0.118. The Labute approximate surface area is 465 Å². The summed E-state index contributed by atoms with van der Waals surface area (Å²) in [6.45, 7) is 0. The molecule has 8 bridgehead atoms. The zero-order valence-corrected chi connectivity index (χ0v) is 44.9. The van der Waals surface area contributed by atoms with Crippen LogP contribution in [0.2, 0.25) is 0 Å². The summed E-state index contributed by atoms with van der Waals surface area (Å²) < 4.78 is 3.85. The molecule has 10 aromatic carbocycles. The molecular weight excluding hydrogens is 973 g/mol. The van der Waals surface area contributed by atoms with Crippen LogP contribution in [0.25, 0.3) is 110 Å². The molecule has 4 fully saturated rings. The molecule has 0 amide bonds. The third-order valence-corrected chi connectivity index (χ3v) is 21.1. The lowest BCUT2D eigenvalue weighted by atomic mass is 9.67. The summed E-state index contributed by atoms with van der Waals surface area (Å²) in [5.74, 6) is 3.88. The van der Waals surface area contributed by atoms with Crippen molar-refractivity contribution in [3.63, 3.8) is 0 Å². The average molecular weight is 1030 g/mol. The molecule has 0 radical (unpaired) electrons. The van der Waals surface area contributed by atoms with Gasteiger partial charge in [0.25, 0.3) is 11.1 Å². The smallest absolute Gasteiger partial charge is 0.267 e. The zero-order chi connectivity index (χ0) is 52.5. The molecule has 80 heavy (non-hydrogen) atoms. The lowest BCUT2D eigenvalue weighted by Crippen LogP contribution is -2.26. The summed E-state index contributed by atoms with van der Waals surface area (Å²) in [6, 6.07) is 71.4. The molecule has 0 spiro atoms. The second-order valence-electron chi connectivity index (χ2n) is 25.4. The van der Waals surface area contributed by atoms with E-state index in [1.54, 1.807) is 4.52 Å². The molecule has 2 heterocycles. The van der Waals surface area contributed by atoms with E-state index in [-0.39, 0.29) is 23.0 Å². The molecule has 0 saturated heterocycles. The van der Waals surface area contributed by atoms with Gasteiger partial charge in [0.2, 0.25) is 0 Å². The summed E-state index contributed by atoms with van der Waals surface area (Å²) in [7, 11) is 0. The molecule has 0 N–H and O–H groups in total. The van der Waals surface area contributed by atoms with Crippen LogP contribution >= 0.6 is 0 Å². The standard InChI is InChI=1S/C76H60N2O2/c79-75-71-69-55-37-43-31-44(38-55)34-53(33-43)67(69)63-41-51(65-57(47-15-5-1-6-16-47)23-13-24-58(65)48-17-7-2-8-18-48)27-29-61(63)73(71)77-74-62-30-28-52(66-59(49-19-9-3-10-20-49)25-14-26-60(66)50-21-11-4-12-22-50)42-64(62)68-54-35-45-32-46(36-54)40-56(39-45)70(68)72(74)76(80)78(75)77/h1-30,41-46,53-56H,31-40H2. The first kappa shape index (κ1) is 45.5. The van der Waals surface area contributed by atoms with Crippen molar-refractivity contribution in [1.29, 1.82) is 0 Å². The Hall–Kier alpha value is -8.34. The van der Waals surface area contributed by atoms with E-state index >= 15 is 9.59 Å². The van der Waals surface area contributed by atoms with Crippen molar-refractivity contribution in [3.8, 4) is 66.8 Å². The zero-order valence-electron chi connectivity index (χ0n) is 44.9. The van der Waals surface area contributed by atoms with Crippen molar-refractivity contribution in [1.82, 2.24) is 9.03 Å². The van der Waals surface area contributed by atoms with Crippen LogP contribution in [0.15, 0.2) is 204 Å². The molecule has 4 nitrogen and oxygen atoms in total. The maximum Gasteiger partial charge on any atom is 0.282 e. The second kappa shape index (κ2) is 17.1. The summed E-state index contributed by atoms with van der Waals surface area (Å²) in [5.41, 5.74) is 21.3. The summed E-state index contributed by atoms with van der Waals surface area (Å²) >= 11 is 0. The minimum atomic E-state index is -0.118. The molecule has 0 aliphatic heterocycles. The number of rotatable bonds is 6. The van der Waals surface area contributed by atoms with Gasteiger partial charge in [-0.05, 0) is 223 Å². The van der Waals surface area contributed by atoms with Crippen LogP contribution in [0.1, 0.15) is 110 Å². The van der Waals surface area contributed by atoms with Crippen LogP contribution in [0.4, 0.5) is 0 Å². The maximum absolute atomic E-state index is 16.3. The second-order valence-corrected chi connectivity index (χ2v) is 25.4. The van der Waals surface area contributed by atoms with Crippen molar-refractivity contribution < 1.29 is 0 Å². The molecular formula is C76H60N2O2. The number of hydrogen-bond acceptors (Lipinski definition) is 2. The van der Waals surface area contributed by atoms with Crippen LogP contribution in [0, 0.1) is 23.7 Å². The Kier molecular flexibility index (Phi) is 9.72. The largest absolute Gasteiger partial charge is 0.282 e. The van der Waals surface area contributed by atoms with Gasteiger partial charge >= 0.3 is 0 Å². The van der Waals surface area contributed by atoms with E-state index < -0.39 is 0 Å². The first-order chi connectivity index (χ1) is 39.5. The molecule has 386 valence electrons. The Bertz CT molecular complexity index is 4250. The van der Waals surface area contributed by atoms with Gasteiger partial charge in [-0.2, -0.15) is 4.52 Å². The van der Waals surface area contributed by atoms with Crippen LogP contribution in [0.5, 0.6) is 0 Å². The van der Waals surface area contributed by atoms with Gasteiger partial charge in [0.15, 0.2) is 0 Å². The van der Waals surface area contributed by atoms with Gasteiger partial charge in [-0.1, -0.05) is 182 Å². The Morgan fingerprint density at radius 1 is 0.275 bits per heavy atom. The van der Waals surface area contributed by atoms with E-state index in [4.69, 9.17) is 0 Å². The van der Waals surface area contributed by atoms with Gasteiger partial charge < -0.3 is 0 Å².